The fraction of sp³-hybridized carbons (Fsp3) is 1.00. The van der Waals surface area contributed by atoms with Crippen molar-refractivity contribution in [2.45, 2.75) is 119 Å². The van der Waals surface area contributed by atoms with Crippen LogP contribution in [-0.2, 0) is 18.1 Å². The van der Waals surface area contributed by atoms with E-state index < -0.39 is 7.82 Å². The molecular formula is C24H51O4P. The molecule has 1 atom stereocenters. The van der Waals surface area contributed by atoms with E-state index in [1.807, 2.05) is 0 Å². The first-order chi connectivity index (χ1) is 13.8. The lowest BCUT2D eigenvalue weighted by Crippen LogP contribution is -2.11. The predicted molar refractivity (Wildman–Crippen MR) is 125 cm³/mol. The van der Waals surface area contributed by atoms with Gasteiger partial charge in [-0.15, -0.1) is 0 Å². The van der Waals surface area contributed by atoms with Gasteiger partial charge in [0, 0.05) is 0 Å². The molecular weight excluding hydrogens is 383 g/mol. The summed E-state index contributed by atoms with van der Waals surface area (Å²) in [6, 6.07) is 0. The van der Waals surface area contributed by atoms with Gasteiger partial charge in [0.1, 0.15) is 0 Å². The maximum absolute atomic E-state index is 13.1. The van der Waals surface area contributed by atoms with Crippen LogP contribution in [0.4, 0.5) is 0 Å². The predicted octanol–water partition coefficient (Wildman–Crippen LogP) is 8.79. The molecule has 4 nitrogen and oxygen atoms in total. The third-order valence-electron chi connectivity index (χ3n) is 5.36. The molecule has 0 amide bonds. The standard InChI is InChI=1S/C24H51O4P/c1-7-9-18-24(8-2)21-28-29(25,26-19-14-10-12-16-22(3)4)27-20-15-11-13-17-23(5)6/h22-24H,7-21H2,1-6H3. The molecule has 0 bridgehead atoms. The second kappa shape index (κ2) is 18.8. The van der Waals surface area contributed by atoms with Crippen LogP contribution in [0.2, 0.25) is 0 Å². The summed E-state index contributed by atoms with van der Waals surface area (Å²) in [4.78, 5) is 0. The van der Waals surface area contributed by atoms with E-state index in [0.29, 0.717) is 25.7 Å². The van der Waals surface area contributed by atoms with Crippen molar-refractivity contribution in [3.8, 4) is 0 Å². The molecule has 0 aliphatic rings. The molecule has 0 aromatic rings. The Morgan fingerprint density at radius 1 is 0.655 bits per heavy atom. The molecule has 0 saturated carbocycles. The minimum atomic E-state index is -3.45. The monoisotopic (exact) mass is 434 g/mol. The Balaban J connectivity index is 4.38. The molecule has 29 heavy (non-hydrogen) atoms. The third-order valence-corrected chi connectivity index (χ3v) is 6.82. The minimum Gasteiger partial charge on any atom is -0.287 e. The van der Waals surface area contributed by atoms with Crippen molar-refractivity contribution in [3.05, 3.63) is 0 Å². The van der Waals surface area contributed by atoms with Crippen LogP contribution < -0.4 is 0 Å². The largest absolute Gasteiger partial charge is 0.474 e. The summed E-state index contributed by atoms with van der Waals surface area (Å²) < 4.78 is 30.3. The number of phosphoric ester groups is 1. The normalized spacial score (nSPS) is 13.5. The molecule has 176 valence electrons. The molecule has 0 aliphatic carbocycles. The maximum Gasteiger partial charge on any atom is 0.474 e. The van der Waals surface area contributed by atoms with Gasteiger partial charge in [-0.2, -0.15) is 0 Å². The Kier molecular flexibility index (Phi) is 18.9. The van der Waals surface area contributed by atoms with E-state index in [9.17, 15) is 4.57 Å². The summed E-state index contributed by atoms with van der Waals surface area (Å²) in [6.45, 7) is 14.7. The number of unbranched alkanes of at least 4 members (excludes halogenated alkanes) is 5. The lowest BCUT2D eigenvalue weighted by molar-refractivity contribution is 0.0945. The van der Waals surface area contributed by atoms with Gasteiger partial charge < -0.3 is 0 Å². The maximum atomic E-state index is 13.1. The Hall–Kier alpha value is 0.110. The van der Waals surface area contributed by atoms with Crippen LogP contribution in [0, 0.1) is 17.8 Å². The van der Waals surface area contributed by atoms with Crippen molar-refractivity contribution in [1.29, 1.82) is 0 Å². The zero-order valence-corrected chi connectivity index (χ0v) is 21.3. The van der Waals surface area contributed by atoms with Gasteiger partial charge in [0.25, 0.3) is 0 Å². The lowest BCUT2D eigenvalue weighted by atomic mass is 10.0. The van der Waals surface area contributed by atoms with Crippen LogP contribution in [0.1, 0.15) is 119 Å². The zero-order chi connectivity index (χ0) is 22.0. The van der Waals surface area contributed by atoms with Crippen molar-refractivity contribution in [3.63, 3.8) is 0 Å². The topological polar surface area (TPSA) is 44.8 Å². The zero-order valence-electron chi connectivity index (χ0n) is 20.4. The van der Waals surface area contributed by atoms with Crippen LogP contribution in [0.5, 0.6) is 0 Å². The first-order valence-corrected chi connectivity index (χ1v) is 13.8. The average Bonchev–Trinajstić information content (AvgIpc) is 2.67. The highest BCUT2D eigenvalue weighted by Crippen LogP contribution is 2.50. The van der Waals surface area contributed by atoms with Gasteiger partial charge in [-0.25, -0.2) is 4.57 Å². The van der Waals surface area contributed by atoms with Gasteiger partial charge in [0.05, 0.1) is 19.8 Å². The van der Waals surface area contributed by atoms with E-state index >= 15 is 0 Å². The van der Waals surface area contributed by atoms with E-state index in [1.165, 1.54) is 38.5 Å². The molecule has 0 rings (SSSR count). The van der Waals surface area contributed by atoms with Gasteiger partial charge in [0.2, 0.25) is 0 Å². The number of hydrogen-bond donors (Lipinski definition) is 0. The molecule has 1 unspecified atom stereocenters. The van der Waals surface area contributed by atoms with Gasteiger partial charge in [-0.05, 0) is 37.0 Å². The Morgan fingerprint density at radius 2 is 1.17 bits per heavy atom. The molecule has 0 saturated heterocycles. The second-order valence-electron chi connectivity index (χ2n) is 9.31. The highest BCUT2D eigenvalue weighted by molar-refractivity contribution is 7.48. The van der Waals surface area contributed by atoms with Crippen LogP contribution in [0.3, 0.4) is 0 Å². The third kappa shape index (κ3) is 18.6. The highest BCUT2D eigenvalue weighted by atomic mass is 31.2. The molecule has 0 radical (unpaired) electrons. The van der Waals surface area contributed by atoms with E-state index in [1.54, 1.807) is 0 Å². The number of phosphoric acid groups is 1. The van der Waals surface area contributed by atoms with Gasteiger partial charge in [-0.3, -0.25) is 13.6 Å². The SMILES string of the molecule is CCCCC(CC)COP(=O)(OCCCCCC(C)C)OCCCCCC(C)C. The first kappa shape index (κ1) is 29.1. The molecule has 0 N–H and O–H groups in total. The van der Waals surface area contributed by atoms with E-state index in [0.717, 1.165) is 50.4 Å². The van der Waals surface area contributed by atoms with Gasteiger partial charge >= 0.3 is 7.82 Å². The molecule has 0 heterocycles. The summed E-state index contributed by atoms with van der Waals surface area (Å²) in [6.07, 6.45) is 13.4. The lowest BCUT2D eigenvalue weighted by Gasteiger charge is -2.21. The number of rotatable bonds is 21. The molecule has 0 spiro atoms. The van der Waals surface area contributed by atoms with Crippen molar-refractivity contribution in [2.75, 3.05) is 19.8 Å². The van der Waals surface area contributed by atoms with Gasteiger partial charge in [0.15, 0.2) is 0 Å². The van der Waals surface area contributed by atoms with E-state index in [-0.39, 0.29) is 0 Å². The average molecular weight is 435 g/mol. The quantitative estimate of drug-likeness (QED) is 0.134. The van der Waals surface area contributed by atoms with Crippen molar-refractivity contribution >= 4 is 7.82 Å². The summed E-state index contributed by atoms with van der Waals surface area (Å²) in [5.74, 6) is 1.89. The second-order valence-corrected chi connectivity index (χ2v) is 11.0. The molecule has 0 aromatic carbocycles. The van der Waals surface area contributed by atoms with Crippen LogP contribution in [-0.4, -0.2) is 19.8 Å². The van der Waals surface area contributed by atoms with Crippen LogP contribution >= 0.6 is 7.82 Å². The fourth-order valence-electron chi connectivity index (χ4n) is 3.22. The smallest absolute Gasteiger partial charge is 0.287 e. The summed E-state index contributed by atoms with van der Waals surface area (Å²) in [5, 5.41) is 0. The Morgan fingerprint density at radius 3 is 1.59 bits per heavy atom. The molecule has 5 heteroatoms. The van der Waals surface area contributed by atoms with E-state index in [2.05, 4.69) is 41.5 Å². The van der Waals surface area contributed by atoms with E-state index in [4.69, 9.17) is 13.6 Å². The molecule has 0 aromatic heterocycles. The van der Waals surface area contributed by atoms with Crippen molar-refractivity contribution in [1.82, 2.24) is 0 Å². The van der Waals surface area contributed by atoms with Crippen molar-refractivity contribution < 1.29 is 18.1 Å². The fourth-order valence-corrected chi connectivity index (χ4v) is 4.54. The van der Waals surface area contributed by atoms with Crippen LogP contribution in [0.15, 0.2) is 0 Å². The highest BCUT2D eigenvalue weighted by Gasteiger charge is 2.27. The van der Waals surface area contributed by atoms with Crippen LogP contribution in [0.25, 0.3) is 0 Å². The van der Waals surface area contributed by atoms with Gasteiger partial charge in [-0.1, -0.05) is 99.3 Å². The first-order valence-electron chi connectivity index (χ1n) is 12.4. The minimum absolute atomic E-state index is 0.424. The molecule has 0 fully saturated rings. The Bertz CT molecular complexity index is 374. The summed E-state index contributed by atoms with van der Waals surface area (Å²) in [7, 11) is -3.45. The summed E-state index contributed by atoms with van der Waals surface area (Å²) in [5.41, 5.74) is 0. The summed E-state index contributed by atoms with van der Waals surface area (Å²) >= 11 is 0. The number of hydrogen-bond acceptors (Lipinski definition) is 4. The van der Waals surface area contributed by atoms with Crippen molar-refractivity contribution in [2.24, 2.45) is 17.8 Å². The Labute approximate surface area is 182 Å². The molecule has 0 aliphatic heterocycles.